The quantitative estimate of drug-likeness (QED) is 0.769. The van der Waals surface area contributed by atoms with E-state index in [-0.39, 0.29) is 37.0 Å². The number of nitrogens with zero attached hydrogens (tertiary/aromatic N) is 1. The highest BCUT2D eigenvalue weighted by molar-refractivity contribution is 5.99. The maximum Gasteiger partial charge on any atom is 0.240 e. The van der Waals surface area contributed by atoms with Gasteiger partial charge in [-0.2, -0.15) is 0 Å². The van der Waals surface area contributed by atoms with Crippen molar-refractivity contribution in [2.75, 3.05) is 13.1 Å². The zero-order chi connectivity index (χ0) is 14.0. The number of aryl methyl sites for hydroxylation is 1. The number of nitrogens with one attached hydrogen (secondary N) is 1. The fourth-order valence-corrected chi connectivity index (χ4v) is 2.59. The van der Waals surface area contributed by atoms with Crippen molar-refractivity contribution >= 4 is 11.8 Å². The topological polar surface area (TPSA) is 75.4 Å². The van der Waals surface area contributed by atoms with E-state index >= 15 is 0 Å². The van der Waals surface area contributed by atoms with Crippen LogP contribution in [0.3, 0.4) is 0 Å². The Labute approximate surface area is 112 Å². The molecular weight excluding hydrogens is 242 g/mol. The minimum atomic E-state index is -0.268. The smallest absolute Gasteiger partial charge is 0.240 e. The van der Waals surface area contributed by atoms with Gasteiger partial charge < -0.3 is 5.73 Å². The summed E-state index contributed by atoms with van der Waals surface area (Å²) in [6, 6.07) is 7.63. The molecule has 5 heteroatoms. The molecule has 0 saturated carbocycles. The van der Waals surface area contributed by atoms with Crippen LogP contribution in [0.25, 0.3) is 0 Å². The maximum absolute atomic E-state index is 11.5. The number of piperazine rings is 1. The van der Waals surface area contributed by atoms with Gasteiger partial charge in [0.25, 0.3) is 0 Å². The van der Waals surface area contributed by atoms with E-state index in [2.05, 4.69) is 5.32 Å². The number of hydrogen-bond donors (Lipinski definition) is 2. The molecule has 1 aliphatic rings. The summed E-state index contributed by atoms with van der Waals surface area (Å²) in [5.74, 6) is -0.536. The van der Waals surface area contributed by atoms with E-state index in [1.165, 1.54) is 0 Å². The minimum absolute atomic E-state index is 0.129. The first-order valence-electron chi connectivity index (χ1n) is 6.37. The predicted octanol–water partition coefficient (Wildman–Crippen LogP) is 0.342. The van der Waals surface area contributed by atoms with Crippen LogP contribution in [-0.4, -0.2) is 35.8 Å². The number of carbonyl (C=O) groups is 2. The number of rotatable bonds is 3. The molecule has 19 heavy (non-hydrogen) atoms. The number of nitrogens with two attached hydrogens (primary N) is 1. The van der Waals surface area contributed by atoms with Crippen molar-refractivity contribution in [1.29, 1.82) is 0 Å². The molecule has 2 atom stereocenters. The first-order chi connectivity index (χ1) is 8.99. The summed E-state index contributed by atoms with van der Waals surface area (Å²) in [5, 5.41) is 2.31. The first-order valence-corrected chi connectivity index (χ1v) is 6.37. The lowest BCUT2D eigenvalue weighted by Gasteiger charge is -2.36. The van der Waals surface area contributed by atoms with Gasteiger partial charge in [-0.05, 0) is 25.0 Å². The molecule has 0 aromatic heterocycles. The van der Waals surface area contributed by atoms with Gasteiger partial charge in [-0.3, -0.25) is 19.8 Å². The summed E-state index contributed by atoms with van der Waals surface area (Å²) in [6.45, 7) is 4.31. The summed E-state index contributed by atoms with van der Waals surface area (Å²) < 4.78 is 0. The Morgan fingerprint density at radius 2 is 1.79 bits per heavy atom. The van der Waals surface area contributed by atoms with Gasteiger partial charge in [0.05, 0.1) is 19.1 Å². The second-order valence-corrected chi connectivity index (χ2v) is 5.04. The monoisotopic (exact) mass is 261 g/mol. The van der Waals surface area contributed by atoms with E-state index in [1.807, 2.05) is 43.0 Å². The Kier molecular flexibility index (Phi) is 3.97. The second kappa shape index (κ2) is 5.50. The molecular formula is C14H19N3O2. The lowest BCUT2D eigenvalue weighted by Crippen LogP contribution is -2.54. The third-order valence-electron chi connectivity index (χ3n) is 3.37. The van der Waals surface area contributed by atoms with E-state index in [0.29, 0.717) is 0 Å². The summed E-state index contributed by atoms with van der Waals surface area (Å²) in [5.41, 5.74) is 8.26. The van der Waals surface area contributed by atoms with Crippen LogP contribution in [0, 0.1) is 6.92 Å². The standard InChI is InChI=1S/C14H19N3O2/c1-9-5-3-4-6-11(9)14(10(2)15)17-7-12(18)16-13(19)8-17/h3-6,10,14H,7-8,15H2,1-2H3,(H,16,18,19). The Bertz CT molecular complexity index is 483. The molecule has 2 unspecified atom stereocenters. The molecule has 0 spiro atoms. The third kappa shape index (κ3) is 3.00. The normalized spacial score (nSPS) is 19.9. The maximum atomic E-state index is 11.5. The summed E-state index contributed by atoms with van der Waals surface area (Å²) in [7, 11) is 0. The highest BCUT2D eigenvalue weighted by atomic mass is 16.2. The molecule has 1 fully saturated rings. The highest BCUT2D eigenvalue weighted by Crippen LogP contribution is 2.26. The second-order valence-electron chi connectivity index (χ2n) is 5.04. The van der Waals surface area contributed by atoms with E-state index in [1.54, 1.807) is 0 Å². The van der Waals surface area contributed by atoms with Gasteiger partial charge in [0.2, 0.25) is 11.8 Å². The molecule has 0 radical (unpaired) electrons. The molecule has 1 heterocycles. The highest BCUT2D eigenvalue weighted by Gasteiger charge is 2.32. The molecule has 102 valence electrons. The average Bonchev–Trinajstić information content (AvgIpc) is 2.30. The fraction of sp³-hybridized carbons (Fsp3) is 0.429. The van der Waals surface area contributed by atoms with Crippen molar-refractivity contribution < 1.29 is 9.59 Å². The SMILES string of the molecule is Cc1ccccc1C(C(C)N)N1CC(=O)NC(=O)C1. The Balaban J connectivity index is 2.33. The predicted molar refractivity (Wildman–Crippen MR) is 72.3 cm³/mol. The summed E-state index contributed by atoms with van der Waals surface area (Å²) >= 11 is 0. The van der Waals surface area contributed by atoms with E-state index < -0.39 is 0 Å². The molecule has 1 aromatic carbocycles. The zero-order valence-electron chi connectivity index (χ0n) is 11.2. The number of imide groups is 1. The van der Waals surface area contributed by atoms with Crippen LogP contribution in [0.15, 0.2) is 24.3 Å². The number of amides is 2. The van der Waals surface area contributed by atoms with Gasteiger partial charge in [0.1, 0.15) is 0 Å². The van der Waals surface area contributed by atoms with Crippen molar-refractivity contribution in [2.45, 2.75) is 25.9 Å². The van der Waals surface area contributed by atoms with Crippen LogP contribution in [0.5, 0.6) is 0 Å². The van der Waals surface area contributed by atoms with Gasteiger partial charge in [-0.1, -0.05) is 24.3 Å². The molecule has 2 amide bonds. The van der Waals surface area contributed by atoms with Crippen LogP contribution in [0.4, 0.5) is 0 Å². The molecule has 5 nitrogen and oxygen atoms in total. The summed E-state index contributed by atoms with van der Waals surface area (Å²) in [4.78, 5) is 24.9. The molecule has 3 N–H and O–H groups in total. The molecule has 0 bridgehead atoms. The molecule has 2 rings (SSSR count). The van der Waals surface area contributed by atoms with Gasteiger partial charge in [-0.25, -0.2) is 0 Å². The van der Waals surface area contributed by atoms with Crippen LogP contribution in [0.1, 0.15) is 24.1 Å². The molecule has 1 saturated heterocycles. The van der Waals surface area contributed by atoms with Gasteiger partial charge in [0.15, 0.2) is 0 Å². The molecule has 0 aliphatic carbocycles. The first kappa shape index (κ1) is 13.7. The van der Waals surface area contributed by atoms with Crippen LogP contribution in [-0.2, 0) is 9.59 Å². The number of carbonyl (C=O) groups excluding carboxylic acids is 2. The zero-order valence-corrected chi connectivity index (χ0v) is 11.2. The van der Waals surface area contributed by atoms with Crippen LogP contribution < -0.4 is 11.1 Å². The van der Waals surface area contributed by atoms with E-state index in [9.17, 15) is 9.59 Å². The van der Waals surface area contributed by atoms with E-state index in [0.717, 1.165) is 11.1 Å². The average molecular weight is 261 g/mol. The Morgan fingerprint density at radius 1 is 1.21 bits per heavy atom. The van der Waals surface area contributed by atoms with Gasteiger partial charge in [0, 0.05) is 6.04 Å². The Morgan fingerprint density at radius 3 is 2.32 bits per heavy atom. The molecule has 1 aliphatic heterocycles. The van der Waals surface area contributed by atoms with Crippen LogP contribution in [0.2, 0.25) is 0 Å². The van der Waals surface area contributed by atoms with E-state index in [4.69, 9.17) is 5.73 Å². The minimum Gasteiger partial charge on any atom is -0.326 e. The van der Waals surface area contributed by atoms with Crippen molar-refractivity contribution in [1.82, 2.24) is 10.2 Å². The lowest BCUT2D eigenvalue weighted by molar-refractivity contribution is -0.137. The lowest BCUT2D eigenvalue weighted by atomic mass is 9.94. The largest absolute Gasteiger partial charge is 0.326 e. The van der Waals surface area contributed by atoms with Crippen LogP contribution >= 0.6 is 0 Å². The number of benzene rings is 1. The van der Waals surface area contributed by atoms with Crippen molar-refractivity contribution in [3.8, 4) is 0 Å². The number of hydrogen-bond acceptors (Lipinski definition) is 4. The van der Waals surface area contributed by atoms with Crippen molar-refractivity contribution in [2.24, 2.45) is 5.73 Å². The summed E-state index contributed by atoms with van der Waals surface area (Å²) in [6.07, 6.45) is 0. The van der Waals surface area contributed by atoms with Gasteiger partial charge >= 0.3 is 0 Å². The van der Waals surface area contributed by atoms with Crippen molar-refractivity contribution in [3.63, 3.8) is 0 Å². The fourth-order valence-electron chi connectivity index (χ4n) is 2.59. The third-order valence-corrected chi connectivity index (χ3v) is 3.37. The van der Waals surface area contributed by atoms with Crippen molar-refractivity contribution in [3.05, 3.63) is 35.4 Å². The molecule has 1 aromatic rings. The van der Waals surface area contributed by atoms with Gasteiger partial charge in [-0.15, -0.1) is 0 Å². The Hall–Kier alpha value is -1.72.